The van der Waals surface area contributed by atoms with Crippen LogP contribution in [0.5, 0.6) is 0 Å². The van der Waals surface area contributed by atoms with Gasteiger partial charge in [0.25, 0.3) is 0 Å². The maximum absolute atomic E-state index is 5.44. The Balaban J connectivity index is 1.56. The number of rotatable bonds is 6. The average Bonchev–Trinajstić information content (AvgIpc) is 2.76. The number of hydrogen-bond donors (Lipinski definition) is 2. The van der Waals surface area contributed by atoms with Crippen LogP contribution in [0.2, 0.25) is 0 Å². The van der Waals surface area contributed by atoms with Gasteiger partial charge in [0.2, 0.25) is 17.8 Å². The summed E-state index contributed by atoms with van der Waals surface area (Å²) in [6.45, 7) is 4.83. The maximum atomic E-state index is 5.44. The molecule has 1 aromatic heterocycles. The number of hydrazone groups is 1. The van der Waals surface area contributed by atoms with Gasteiger partial charge >= 0.3 is 0 Å². The highest BCUT2D eigenvalue weighted by atomic mass is 127. The molecule has 2 aromatic carbocycles. The van der Waals surface area contributed by atoms with Gasteiger partial charge in [-0.25, -0.2) is 5.43 Å². The highest BCUT2D eigenvalue weighted by molar-refractivity contribution is 14.1. The van der Waals surface area contributed by atoms with Crippen molar-refractivity contribution in [3.05, 3.63) is 63.2 Å². The molecular formula is C21H22IN7O. The lowest BCUT2D eigenvalue weighted by molar-refractivity contribution is 0.122. The quantitative estimate of drug-likeness (QED) is 0.293. The minimum atomic E-state index is 0.378. The smallest absolute Gasteiger partial charge is 0.250 e. The molecule has 3 aromatic rings. The molecule has 30 heavy (non-hydrogen) atoms. The van der Waals surface area contributed by atoms with Crippen LogP contribution in [-0.4, -0.2) is 47.5 Å². The molecule has 1 fully saturated rings. The van der Waals surface area contributed by atoms with E-state index in [0.29, 0.717) is 31.1 Å². The largest absolute Gasteiger partial charge is 0.378 e. The molecule has 2 heterocycles. The number of hydrogen-bond acceptors (Lipinski definition) is 8. The Morgan fingerprint density at radius 2 is 1.80 bits per heavy atom. The van der Waals surface area contributed by atoms with Gasteiger partial charge in [-0.3, -0.25) is 0 Å². The lowest BCUT2D eigenvalue weighted by Crippen LogP contribution is -2.37. The van der Waals surface area contributed by atoms with Crippen molar-refractivity contribution < 1.29 is 4.74 Å². The summed E-state index contributed by atoms with van der Waals surface area (Å²) in [7, 11) is 0. The fraction of sp³-hybridized carbons (Fsp3) is 0.238. The SMILES string of the molecule is Cc1ccc(Nc2nc(N/N=C\c3cccc(I)c3)nc(N3CCOCC3)n2)cc1. The van der Waals surface area contributed by atoms with E-state index < -0.39 is 0 Å². The van der Waals surface area contributed by atoms with Gasteiger partial charge in [0.1, 0.15) is 0 Å². The van der Waals surface area contributed by atoms with Crippen LogP contribution in [0.1, 0.15) is 11.1 Å². The van der Waals surface area contributed by atoms with Crippen molar-refractivity contribution in [2.24, 2.45) is 5.10 Å². The Hall–Kier alpha value is -2.79. The predicted octanol–water partition coefficient (Wildman–Crippen LogP) is 3.81. The van der Waals surface area contributed by atoms with Crippen LogP contribution in [0, 0.1) is 10.5 Å². The lowest BCUT2D eigenvalue weighted by Gasteiger charge is -2.27. The number of anilines is 4. The molecule has 154 valence electrons. The molecule has 8 nitrogen and oxygen atoms in total. The summed E-state index contributed by atoms with van der Waals surface area (Å²) >= 11 is 2.28. The van der Waals surface area contributed by atoms with Gasteiger partial charge in [-0.2, -0.15) is 20.1 Å². The first kappa shape index (κ1) is 20.5. The molecule has 0 saturated carbocycles. The highest BCUT2D eigenvalue weighted by Gasteiger charge is 2.16. The summed E-state index contributed by atoms with van der Waals surface area (Å²) in [5.41, 5.74) is 6.03. The molecule has 1 aliphatic heterocycles. The van der Waals surface area contributed by atoms with Gasteiger partial charge in [0.15, 0.2) is 0 Å². The van der Waals surface area contributed by atoms with Crippen LogP contribution >= 0.6 is 22.6 Å². The summed E-state index contributed by atoms with van der Waals surface area (Å²) in [5, 5.41) is 7.55. The number of aryl methyl sites for hydroxylation is 1. The number of ether oxygens (including phenoxy) is 1. The van der Waals surface area contributed by atoms with Crippen molar-refractivity contribution in [2.45, 2.75) is 6.92 Å². The monoisotopic (exact) mass is 515 g/mol. The van der Waals surface area contributed by atoms with Crippen molar-refractivity contribution in [1.29, 1.82) is 0 Å². The Morgan fingerprint density at radius 1 is 1.03 bits per heavy atom. The molecular weight excluding hydrogens is 493 g/mol. The zero-order chi connectivity index (χ0) is 20.8. The first-order valence-corrected chi connectivity index (χ1v) is 10.7. The summed E-state index contributed by atoms with van der Waals surface area (Å²) in [5.74, 6) is 1.43. The molecule has 1 saturated heterocycles. The van der Waals surface area contributed by atoms with E-state index in [1.165, 1.54) is 5.56 Å². The molecule has 0 atom stereocenters. The summed E-state index contributed by atoms with van der Waals surface area (Å²) in [6, 6.07) is 16.1. The molecule has 0 amide bonds. The third kappa shape index (κ3) is 5.63. The van der Waals surface area contributed by atoms with E-state index in [1.807, 2.05) is 48.5 Å². The number of halogens is 1. The predicted molar refractivity (Wildman–Crippen MR) is 128 cm³/mol. The number of nitrogens with zero attached hydrogens (tertiary/aromatic N) is 5. The van der Waals surface area contributed by atoms with Crippen LogP contribution < -0.4 is 15.6 Å². The van der Waals surface area contributed by atoms with Crippen LogP contribution in [0.3, 0.4) is 0 Å². The van der Waals surface area contributed by atoms with Gasteiger partial charge in [-0.05, 0) is 59.3 Å². The molecule has 2 N–H and O–H groups in total. The van der Waals surface area contributed by atoms with Gasteiger partial charge < -0.3 is 15.0 Å². The topological polar surface area (TPSA) is 87.6 Å². The summed E-state index contributed by atoms with van der Waals surface area (Å²) < 4.78 is 6.59. The van der Waals surface area contributed by atoms with Crippen LogP contribution in [0.25, 0.3) is 0 Å². The Labute approximate surface area is 188 Å². The van der Waals surface area contributed by atoms with Gasteiger partial charge in [-0.15, -0.1) is 0 Å². The van der Waals surface area contributed by atoms with E-state index in [4.69, 9.17) is 4.74 Å². The first-order valence-electron chi connectivity index (χ1n) is 9.63. The van der Waals surface area contributed by atoms with Gasteiger partial charge in [0.05, 0.1) is 19.4 Å². The van der Waals surface area contributed by atoms with E-state index in [-0.39, 0.29) is 0 Å². The fourth-order valence-electron chi connectivity index (χ4n) is 2.89. The normalized spacial score (nSPS) is 14.1. The molecule has 4 rings (SSSR count). The van der Waals surface area contributed by atoms with Crippen molar-refractivity contribution in [3.63, 3.8) is 0 Å². The second kappa shape index (κ2) is 9.81. The second-order valence-electron chi connectivity index (χ2n) is 6.80. The Morgan fingerprint density at radius 3 is 2.57 bits per heavy atom. The van der Waals surface area contributed by atoms with Crippen LogP contribution in [-0.2, 0) is 4.74 Å². The fourth-order valence-corrected chi connectivity index (χ4v) is 3.46. The first-order chi connectivity index (χ1) is 14.7. The van der Waals surface area contributed by atoms with E-state index in [2.05, 4.69) is 65.2 Å². The van der Waals surface area contributed by atoms with Crippen molar-refractivity contribution in [2.75, 3.05) is 41.9 Å². The van der Waals surface area contributed by atoms with Crippen molar-refractivity contribution in [3.8, 4) is 0 Å². The number of nitrogens with one attached hydrogen (secondary N) is 2. The van der Waals surface area contributed by atoms with E-state index in [1.54, 1.807) is 6.21 Å². The Bertz CT molecular complexity index is 1020. The molecule has 0 bridgehead atoms. The molecule has 9 heteroatoms. The van der Waals surface area contributed by atoms with Gasteiger partial charge in [-0.1, -0.05) is 29.8 Å². The zero-order valence-corrected chi connectivity index (χ0v) is 18.7. The Kier molecular flexibility index (Phi) is 6.70. The van der Waals surface area contributed by atoms with E-state index in [9.17, 15) is 0 Å². The minimum absolute atomic E-state index is 0.378. The number of morpholine rings is 1. The maximum Gasteiger partial charge on any atom is 0.250 e. The molecule has 0 spiro atoms. The van der Waals surface area contributed by atoms with E-state index in [0.717, 1.165) is 27.9 Å². The van der Waals surface area contributed by atoms with Gasteiger partial charge in [0, 0.05) is 22.3 Å². The van der Waals surface area contributed by atoms with Crippen molar-refractivity contribution in [1.82, 2.24) is 15.0 Å². The summed E-state index contributed by atoms with van der Waals surface area (Å²) in [4.78, 5) is 15.7. The molecule has 0 aliphatic carbocycles. The zero-order valence-electron chi connectivity index (χ0n) is 16.5. The molecule has 0 unspecified atom stereocenters. The molecule has 0 radical (unpaired) electrons. The number of aromatic nitrogens is 3. The van der Waals surface area contributed by atoms with E-state index >= 15 is 0 Å². The van der Waals surface area contributed by atoms with Crippen LogP contribution in [0.4, 0.5) is 23.5 Å². The average molecular weight is 515 g/mol. The summed E-state index contributed by atoms with van der Waals surface area (Å²) in [6.07, 6.45) is 1.74. The third-order valence-electron chi connectivity index (χ3n) is 4.45. The van der Waals surface area contributed by atoms with Crippen LogP contribution in [0.15, 0.2) is 53.6 Å². The lowest BCUT2D eigenvalue weighted by atomic mass is 10.2. The molecule has 1 aliphatic rings. The standard InChI is InChI=1S/C21H22IN7O/c1-15-5-7-18(8-6-15)24-19-25-20(27-21(26-19)29-9-11-30-12-10-29)28-23-14-16-3-2-4-17(22)13-16/h2-8,13-14H,9-12H2,1H3,(H2,24,25,26,27,28)/b23-14-. The minimum Gasteiger partial charge on any atom is -0.378 e. The number of benzene rings is 2. The highest BCUT2D eigenvalue weighted by Crippen LogP contribution is 2.19. The van der Waals surface area contributed by atoms with Crippen molar-refractivity contribution >= 4 is 52.3 Å². The third-order valence-corrected chi connectivity index (χ3v) is 5.12. The second-order valence-corrected chi connectivity index (χ2v) is 8.04.